The van der Waals surface area contributed by atoms with Crippen LogP contribution in [0.2, 0.25) is 0 Å². The van der Waals surface area contributed by atoms with Gasteiger partial charge in [-0.05, 0) is 36.2 Å². The van der Waals surface area contributed by atoms with Gasteiger partial charge < -0.3 is 5.73 Å². The van der Waals surface area contributed by atoms with Crippen molar-refractivity contribution in [3.05, 3.63) is 35.9 Å². The molecule has 0 amide bonds. The second-order valence-corrected chi connectivity index (χ2v) is 5.89. The summed E-state index contributed by atoms with van der Waals surface area (Å²) in [6.07, 6.45) is 5.27. The second-order valence-electron chi connectivity index (χ2n) is 5.89. The van der Waals surface area contributed by atoms with Crippen molar-refractivity contribution in [2.24, 2.45) is 23.5 Å². The Bertz CT molecular complexity index is 333. The Kier molecular flexibility index (Phi) is 4.22. The first-order valence-electron chi connectivity index (χ1n) is 6.97. The van der Waals surface area contributed by atoms with Crippen molar-refractivity contribution in [1.29, 1.82) is 0 Å². The van der Waals surface area contributed by atoms with Crippen LogP contribution in [0.1, 0.15) is 51.1 Å². The Morgan fingerprint density at radius 2 is 1.82 bits per heavy atom. The average Bonchev–Trinajstić information content (AvgIpc) is 2.35. The molecule has 1 aromatic carbocycles. The minimum atomic E-state index is 0.224. The molecule has 1 aliphatic rings. The molecule has 0 bridgehead atoms. The zero-order valence-corrected chi connectivity index (χ0v) is 11.1. The third kappa shape index (κ3) is 3.32. The lowest BCUT2D eigenvalue weighted by atomic mass is 9.73. The highest BCUT2D eigenvalue weighted by atomic mass is 14.6. The van der Waals surface area contributed by atoms with E-state index in [9.17, 15) is 0 Å². The number of hydrogen-bond donors (Lipinski definition) is 1. The molecule has 0 spiro atoms. The Morgan fingerprint density at radius 1 is 1.12 bits per heavy atom. The highest BCUT2D eigenvalue weighted by molar-refractivity contribution is 5.18. The molecular formula is C16H25N. The highest BCUT2D eigenvalue weighted by Gasteiger charge is 2.25. The molecule has 1 fully saturated rings. The minimum absolute atomic E-state index is 0.224. The number of nitrogens with two attached hydrogens (primary N) is 1. The van der Waals surface area contributed by atoms with Gasteiger partial charge in [-0.3, -0.25) is 0 Å². The van der Waals surface area contributed by atoms with Gasteiger partial charge in [-0.2, -0.15) is 0 Å². The monoisotopic (exact) mass is 231 g/mol. The third-order valence-electron chi connectivity index (χ3n) is 4.52. The lowest BCUT2D eigenvalue weighted by Crippen LogP contribution is -2.24. The maximum absolute atomic E-state index is 6.31. The summed E-state index contributed by atoms with van der Waals surface area (Å²) in [5.74, 6) is 2.60. The predicted molar refractivity (Wildman–Crippen MR) is 73.7 cm³/mol. The van der Waals surface area contributed by atoms with Crippen molar-refractivity contribution >= 4 is 0 Å². The molecule has 1 nitrogen and oxygen atoms in total. The van der Waals surface area contributed by atoms with Crippen molar-refractivity contribution in [2.45, 2.75) is 45.6 Å². The number of rotatable bonds is 3. The molecule has 0 radical (unpaired) electrons. The Labute approximate surface area is 105 Å². The Balaban J connectivity index is 1.89. The van der Waals surface area contributed by atoms with Gasteiger partial charge in [0, 0.05) is 6.04 Å². The molecular weight excluding hydrogens is 206 g/mol. The molecule has 2 N–H and O–H groups in total. The standard InChI is InChI=1S/C16H25N/c1-12-8-9-14(10-13(12)2)11-16(17)15-6-4-3-5-7-15/h3-7,12-14,16H,8-11,17H2,1-2H3. The van der Waals surface area contributed by atoms with Crippen LogP contribution in [-0.2, 0) is 0 Å². The quantitative estimate of drug-likeness (QED) is 0.831. The third-order valence-corrected chi connectivity index (χ3v) is 4.52. The summed E-state index contributed by atoms with van der Waals surface area (Å²) in [4.78, 5) is 0. The summed E-state index contributed by atoms with van der Waals surface area (Å²) in [6.45, 7) is 4.78. The zero-order valence-electron chi connectivity index (χ0n) is 11.1. The predicted octanol–water partition coefficient (Wildman–Crippen LogP) is 4.15. The lowest BCUT2D eigenvalue weighted by molar-refractivity contribution is 0.193. The summed E-state index contributed by atoms with van der Waals surface area (Å²) >= 11 is 0. The summed E-state index contributed by atoms with van der Waals surface area (Å²) in [5, 5.41) is 0. The van der Waals surface area contributed by atoms with Crippen molar-refractivity contribution in [1.82, 2.24) is 0 Å². The van der Waals surface area contributed by atoms with E-state index in [-0.39, 0.29) is 6.04 Å². The Hall–Kier alpha value is -0.820. The van der Waals surface area contributed by atoms with E-state index in [1.165, 1.54) is 24.8 Å². The van der Waals surface area contributed by atoms with Crippen LogP contribution >= 0.6 is 0 Å². The first-order chi connectivity index (χ1) is 8.16. The average molecular weight is 231 g/mol. The number of hydrogen-bond acceptors (Lipinski definition) is 1. The molecule has 4 atom stereocenters. The molecule has 17 heavy (non-hydrogen) atoms. The fraction of sp³-hybridized carbons (Fsp3) is 0.625. The van der Waals surface area contributed by atoms with Gasteiger partial charge in [0.05, 0.1) is 0 Å². The molecule has 94 valence electrons. The van der Waals surface area contributed by atoms with Crippen LogP contribution in [-0.4, -0.2) is 0 Å². The smallest absolute Gasteiger partial charge is 0.0297 e. The molecule has 0 saturated heterocycles. The van der Waals surface area contributed by atoms with E-state index < -0.39 is 0 Å². The topological polar surface area (TPSA) is 26.0 Å². The van der Waals surface area contributed by atoms with Crippen LogP contribution in [0, 0.1) is 17.8 Å². The van der Waals surface area contributed by atoms with Crippen molar-refractivity contribution in [3.8, 4) is 0 Å². The van der Waals surface area contributed by atoms with Crippen molar-refractivity contribution in [3.63, 3.8) is 0 Å². The van der Waals surface area contributed by atoms with E-state index in [1.807, 2.05) is 0 Å². The van der Waals surface area contributed by atoms with E-state index in [0.29, 0.717) is 0 Å². The van der Waals surface area contributed by atoms with E-state index >= 15 is 0 Å². The molecule has 4 unspecified atom stereocenters. The lowest BCUT2D eigenvalue weighted by Gasteiger charge is -2.33. The largest absolute Gasteiger partial charge is 0.324 e. The van der Waals surface area contributed by atoms with E-state index in [1.54, 1.807) is 0 Å². The first-order valence-corrected chi connectivity index (χ1v) is 6.97. The van der Waals surface area contributed by atoms with Crippen LogP contribution in [0.25, 0.3) is 0 Å². The highest BCUT2D eigenvalue weighted by Crippen LogP contribution is 2.37. The maximum Gasteiger partial charge on any atom is 0.0297 e. The fourth-order valence-corrected chi connectivity index (χ4v) is 3.07. The molecule has 0 aliphatic heterocycles. The van der Waals surface area contributed by atoms with E-state index in [2.05, 4.69) is 44.2 Å². The summed E-state index contributed by atoms with van der Waals surface area (Å²) < 4.78 is 0. The van der Waals surface area contributed by atoms with Crippen molar-refractivity contribution in [2.75, 3.05) is 0 Å². The summed E-state index contributed by atoms with van der Waals surface area (Å²) in [5.41, 5.74) is 7.60. The van der Waals surface area contributed by atoms with Crippen LogP contribution < -0.4 is 5.73 Å². The maximum atomic E-state index is 6.31. The van der Waals surface area contributed by atoms with Gasteiger partial charge in [0.1, 0.15) is 0 Å². The normalized spacial score (nSPS) is 31.1. The summed E-state index contributed by atoms with van der Waals surface area (Å²) in [7, 11) is 0. The van der Waals surface area contributed by atoms with Gasteiger partial charge in [0.25, 0.3) is 0 Å². The molecule has 0 aromatic heterocycles. The van der Waals surface area contributed by atoms with Gasteiger partial charge in [0.15, 0.2) is 0 Å². The van der Waals surface area contributed by atoms with Gasteiger partial charge >= 0.3 is 0 Å². The van der Waals surface area contributed by atoms with Crippen LogP contribution in [0.4, 0.5) is 0 Å². The van der Waals surface area contributed by atoms with Crippen LogP contribution in [0.5, 0.6) is 0 Å². The Morgan fingerprint density at radius 3 is 2.47 bits per heavy atom. The molecule has 0 heterocycles. The molecule has 2 rings (SSSR count). The zero-order chi connectivity index (χ0) is 12.3. The van der Waals surface area contributed by atoms with Crippen molar-refractivity contribution < 1.29 is 0 Å². The van der Waals surface area contributed by atoms with Gasteiger partial charge in [0.2, 0.25) is 0 Å². The summed E-state index contributed by atoms with van der Waals surface area (Å²) in [6, 6.07) is 10.8. The van der Waals surface area contributed by atoms with Crippen LogP contribution in [0.15, 0.2) is 30.3 Å². The molecule has 1 heteroatoms. The van der Waals surface area contributed by atoms with Gasteiger partial charge in [-0.1, -0.05) is 57.0 Å². The molecule has 1 saturated carbocycles. The molecule has 1 aromatic rings. The van der Waals surface area contributed by atoms with Crippen LogP contribution in [0.3, 0.4) is 0 Å². The van der Waals surface area contributed by atoms with Gasteiger partial charge in [-0.25, -0.2) is 0 Å². The van der Waals surface area contributed by atoms with E-state index in [0.717, 1.165) is 24.2 Å². The van der Waals surface area contributed by atoms with Gasteiger partial charge in [-0.15, -0.1) is 0 Å². The fourth-order valence-electron chi connectivity index (χ4n) is 3.07. The SMILES string of the molecule is CC1CCC(CC(N)c2ccccc2)CC1C. The molecule has 1 aliphatic carbocycles. The minimum Gasteiger partial charge on any atom is -0.324 e. The second kappa shape index (κ2) is 5.68. The first kappa shape index (κ1) is 12.6. The van der Waals surface area contributed by atoms with E-state index in [4.69, 9.17) is 5.73 Å². The number of benzene rings is 1.